The second kappa shape index (κ2) is 4.53. The standard InChI is InChI=1S/C13H16INO/c14-9-1-5-12(6-2-9)16-13-7-10-3-4-11(8-13)15-10/h1-2,5-6,10-11,13,15H,3-4,7-8H2/t10-,11+,13+. The molecule has 2 aliphatic rings. The number of rotatable bonds is 2. The van der Waals surface area contributed by atoms with E-state index in [-0.39, 0.29) is 0 Å². The third-order valence-electron chi connectivity index (χ3n) is 3.55. The molecule has 2 aliphatic heterocycles. The average Bonchev–Trinajstić information content (AvgIpc) is 2.62. The van der Waals surface area contributed by atoms with Gasteiger partial charge in [0.2, 0.25) is 0 Å². The van der Waals surface area contributed by atoms with Crippen LogP contribution in [-0.4, -0.2) is 18.2 Å². The average molecular weight is 329 g/mol. The molecule has 3 rings (SSSR count). The summed E-state index contributed by atoms with van der Waals surface area (Å²) in [5.41, 5.74) is 0. The molecule has 1 N–H and O–H groups in total. The van der Waals surface area contributed by atoms with Crippen LogP contribution in [0.3, 0.4) is 0 Å². The van der Waals surface area contributed by atoms with Crippen molar-refractivity contribution in [1.82, 2.24) is 5.32 Å². The predicted octanol–water partition coefficient (Wildman–Crippen LogP) is 2.95. The molecule has 86 valence electrons. The zero-order valence-corrected chi connectivity index (χ0v) is 11.3. The van der Waals surface area contributed by atoms with Crippen LogP contribution >= 0.6 is 22.6 Å². The van der Waals surface area contributed by atoms with Gasteiger partial charge in [-0.05, 0) is 72.5 Å². The minimum absolute atomic E-state index is 0.416. The van der Waals surface area contributed by atoms with Crippen molar-refractivity contribution >= 4 is 22.6 Å². The van der Waals surface area contributed by atoms with E-state index < -0.39 is 0 Å². The molecular formula is C13H16INO. The molecule has 2 saturated heterocycles. The number of hydrogen-bond donors (Lipinski definition) is 1. The largest absolute Gasteiger partial charge is 0.490 e. The molecule has 3 heteroatoms. The third-order valence-corrected chi connectivity index (χ3v) is 4.27. The Bertz CT molecular complexity index is 353. The summed E-state index contributed by atoms with van der Waals surface area (Å²) in [4.78, 5) is 0. The summed E-state index contributed by atoms with van der Waals surface area (Å²) in [5, 5.41) is 3.63. The summed E-state index contributed by atoms with van der Waals surface area (Å²) in [6, 6.07) is 9.76. The van der Waals surface area contributed by atoms with Crippen molar-refractivity contribution in [2.45, 2.75) is 43.9 Å². The molecule has 2 nitrogen and oxygen atoms in total. The fourth-order valence-electron chi connectivity index (χ4n) is 2.81. The van der Waals surface area contributed by atoms with E-state index >= 15 is 0 Å². The van der Waals surface area contributed by atoms with E-state index in [0.29, 0.717) is 18.2 Å². The molecular weight excluding hydrogens is 313 g/mol. The van der Waals surface area contributed by atoms with Crippen LogP contribution in [-0.2, 0) is 0 Å². The Morgan fingerprint density at radius 1 is 1.06 bits per heavy atom. The molecule has 0 unspecified atom stereocenters. The topological polar surface area (TPSA) is 21.3 Å². The molecule has 1 aromatic rings. The van der Waals surface area contributed by atoms with E-state index in [1.807, 2.05) is 0 Å². The summed E-state index contributed by atoms with van der Waals surface area (Å²) < 4.78 is 7.31. The van der Waals surface area contributed by atoms with Crippen molar-refractivity contribution in [1.29, 1.82) is 0 Å². The molecule has 2 fully saturated rings. The molecule has 0 amide bonds. The van der Waals surface area contributed by atoms with Crippen molar-refractivity contribution in [2.24, 2.45) is 0 Å². The van der Waals surface area contributed by atoms with Crippen molar-refractivity contribution in [3.8, 4) is 5.75 Å². The maximum absolute atomic E-state index is 6.05. The smallest absolute Gasteiger partial charge is 0.119 e. The molecule has 16 heavy (non-hydrogen) atoms. The second-order valence-corrected chi connectivity index (χ2v) is 6.05. The molecule has 0 saturated carbocycles. The van der Waals surface area contributed by atoms with Crippen LogP contribution in [0.15, 0.2) is 24.3 Å². The highest BCUT2D eigenvalue weighted by Gasteiger charge is 2.34. The van der Waals surface area contributed by atoms with Crippen LogP contribution in [0.2, 0.25) is 0 Å². The van der Waals surface area contributed by atoms with E-state index in [1.54, 1.807) is 0 Å². The first kappa shape index (κ1) is 10.8. The van der Waals surface area contributed by atoms with Gasteiger partial charge in [-0.1, -0.05) is 0 Å². The maximum atomic E-state index is 6.05. The Balaban J connectivity index is 1.64. The van der Waals surface area contributed by atoms with E-state index in [0.717, 1.165) is 5.75 Å². The zero-order valence-electron chi connectivity index (χ0n) is 9.16. The Morgan fingerprint density at radius 3 is 2.31 bits per heavy atom. The summed E-state index contributed by atoms with van der Waals surface area (Å²) >= 11 is 2.32. The van der Waals surface area contributed by atoms with Gasteiger partial charge in [0.15, 0.2) is 0 Å². The van der Waals surface area contributed by atoms with Crippen LogP contribution in [0.25, 0.3) is 0 Å². The first-order chi connectivity index (χ1) is 7.79. The summed E-state index contributed by atoms with van der Waals surface area (Å²) in [6.07, 6.45) is 5.41. The zero-order chi connectivity index (χ0) is 11.0. The number of benzene rings is 1. The van der Waals surface area contributed by atoms with Crippen molar-refractivity contribution in [2.75, 3.05) is 0 Å². The minimum atomic E-state index is 0.416. The highest BCUT2D eigenvalue weighted by Crippen LogP contribution is 2.29. The fourth-order valence-corrected chi connectivity index (χ4v) is 3.17. The number of fused-ring (bicyclic) bond motifs is 2. The molecule has 0 aromatic heterocycles. The molecule has 2 heterocycles. The first-order valence-electron chi connectivity index (χ1n) is 5.98. The number of nitrogens with one attached hydrogen (secondary N) is 1. The first-order valence-corrected chi connectivity index (χ1v) is 7.06. The van der Waals surface area contributed by atoms with E-state index in [9.17, 15) is 0 Å². The number of hydrogen-bond acceptors (Lipinski definition) is 2. The molecule has 1 aromatic carbocycles. The summed E-state index contributed by atoms with van der Waals surface area (Å²) in [7, 11) is 0. The van der Waals surface area contributed by atoms with E-state index in [4.69, 9.17) is 4.74 Å². The Hall–Kier alpha value is -0.290. The van der Waals surface area contributed by atoms with Gasteiger partial charge in [0.25, 0.3) is 0 Å². The lowest BCUT2D eigenvalue weighted by molar-refractivity contribution is 0.137. The van der Waals surface area contributed by atoms with Gasteiger partial charge in [-0.3, -0.25) is 0 Å². The lowest BCUT2D eigenvalue weighted by Crippen LogP contribution is -2.42. The van der Waals surface area contributed by atoms with Gasteiger partial charge in [0, 0.05) is 15.7 Å². The van der Waals surface area contributed by atoms with E-state index in [2.05, 4.69) is 52.2 Å². The molecule has 0 aliphatic carbocycles. The van der Waals surface area contributed by atoms with Gasteiger partial charge in [-0.2, -0.15) is 0 Å². The van der Waals surface area contributed by atoms with Crippen LogP contribution in [0, 0.1) is 3.57 Å². The SMILES string of the molecule is Ic1ccc(O[C@H]2C[C@H]3CC[C@@H](C2)N3)cc1. The van der Waals surface area contributed by atoms with Gasteiger partial charge in [0.05, 0.1) is 0 Å². The van der Waals surface area contributed by atoms with E-state index in [1.165, 1.54) is 29.3 Å². The number of halogens is 1. The van der Waals surface area contributed by atoms with Crippen LogP contribution in [0.5, 0.6) is 5.75 Å². The van der Waals surface area contributed by atoms with Crippen LogP contribution in [0.1, 0.15) is 25.7 Å². The Labute approximate surface area is 110 Å². The van der Waals surface area contributed by atoms with Crippen molar-refractivity contribution in [3.05, 3.63) is 27.8 Å². The minimum Gasteiger partial charge on any atom is -0.490 e. The lowest BCUT2D eigenvalue weighted by atomic mass is 10.0. The molecule has 0 radical (unpaired) electrons. The summed E-state index contributed by atoms with van der Waals surface area (Å²) in [6.45, 7) is 0. The molecule has 3 atom stereocenters. The van der Waals surface area contributed by atoms with Crippen LogP contribution in [0.4, 0.5) is 0 Å². The monoisotopic (exact) mass is 329 g/mol. The second-order valence-electron chi connectivity index (χ2n) is 4.80. The normalized spacial score (nSPS) is 32.7. The van der Waals surface area contributed by atoms with Gasteiger partial charge in [-0.25, -0.2) is 0 Å². The Kier molecular flexibility index (Phi) is 3.07. The van der Waals surface area contributed by atoms with Gasteiger partial charge in [-0.15, -0.1) is 0 Å². The maximum Gasteiger partial charge on any atom is 0.119 e. The van der Waals surface area contributed by atoms with Gasteiger partial charge >= 0.3 is 0 Å². The Morgan fingerprint density at radius 2 is 1.69 bits per heavy atom. The quantitative estimate of drug-likeness (QED) is 0.843. The van der Waals surface area contributed by atoms with Gasteiger partial charge in [0.1, 0.15) is 11.9 Å². The lowest BCUT2D eigenvalue weighted by Gasteiger charge is -2.29. The third kappa shape index (κ3) is 2.35. The van der Waals surface area contributed by atoms with Crippen LogP contribution < -0.4 is 10.1 Å². The molecule has 0 spiro atoms. The fraction of sp³-hybridized carbons (Fsp3) is 0.538. The number of ether oxygens (including phenoxy) is 1. The number of piperidine rings is 1. The predicted molar refractivity (Wildman–Crippen MR) is 72.8 cm³/mol. The van der Waals surface area contributed by atoms with Crippen molar-refractivity contribution in [3.63, 3.8) is 0 Å². The summed E-state index contributed by atoms with van der Waals surface area (Å²) in [5.74, 6) is 1.02. The highest BCUT2D eigenvalue weighted by atomic mass is 127. The van der Waals surface area contributed by atoms with Gasteiger partial charge < -0.3 is 10.1 Å². The van der Waals surface area contributed by atoms with Crippen molar-refractivity contribution < 1.29 is 4.74 Å². The highest BCUT2D eigenvalue weighted by molar-refractivity contribution is 14.1. The molecule has 2 bridgehead atoms.